The molecule has 0 heterocycles. The van der Waals surface area contributed by atoms with E-state index < -0.39 is 0 Å². The van der Waals surface area contributed by atoms with Crippen LogP contribution in [0.1, 0.15) is 33.3 Å². The van der Waals surface area contributed by atoms with Gasteiger partial charge in [-0.05, 0) is 36.9 Å². The van der Waals surface area contributed by atoms with E-state index in [1.165, 1.54) is 0 Å². The van der Waals surface area contributed by atoms with E-state index >= 15 is 0 Å². The van der Waals surface area contributed by atoms with Gasteiger partial charge in [0.2, 0.25) is 0 Å². The fourth-order valence-electron chi connectivity index (χ4n) is 2.06. The highest BCUT2D eigenvalue weighted by molar-refractivity contribution is 8.93. The molecule has 0 fully saturated rings. The van der Waals surface area contributed by atoms with Gasteiger partial charge in [0.25, 0.3) is 0 Å². The van der Waals surface area contributed by atoms with Crippen LogP contribution in [0.3, 0.4) is 0 Å². The van der Waals surface area contributed by atoms with Crippen molar-refractivity contribution in [3.63, 3.8) is 0 Å². The van der Waals surface area contributed by atoms with Crippen molar-refractivity contribution >= 4 is 40.4 Å². The molecule has 0 aromatic heterocycles. The zero-order chi connectivity index (χ0) is 15.2. The summed E-state index contributed by atoms with van der Waals surface area (Å²) in [6, 6.07) is 7.46. The predicted octanol–water partition coefficient (Wildman–Crippen LogP) is 4.87. The van der Waals surface area contributed by atoms with Crippen LogP contribution in [0.25, 0.3) is 6.08 Å². The summed E-state index contributed by atoms with van der Waals surface area (Å²) in [6.45, 7) is 11.0. The summed E-state index contributed by atoms with van der Waals surface area (Å²) in [4.78, 5) is 14.6. The third-order valence-corrected chi connectivity index (χ3v) is 3.73. The first-order valence-corrected chi connectivity index (χ1v) is 7.47. The highest BCUT2D eigenvalue weighted by Gasteiger charge is 2.27. The van der Waals surface area contributed by atoms with E-state index in [2.05, 4.69) is 18.7 Å². The SMILES string of the molecule is Br.CCN(CC)CC(C)(C)C(=O)/C=C/c1ccc(Cl)cc1. The number of nitrogens with zero attached hydrogens (tertiary/aromatic N) is 1. The summed E-state index contributed by atoms with van der Waals surface area (Å²) in [7, 11) is 0. The summed E-state index contributed by atoms with van der Waals surface area (Å²) in [6.07, 6.45) is 3.52. The van der Waals surface area contributed by atoms with Crippen LogP contribution < -0.4 is 0 Å². The topological polar surface area (TPSA) is 20.3 Å². The van der Waals surface area contributed by atoms with Gasteiger partial charge in [-0.25, -0.2) is 0 Å². The first-order chi connectivity index (χ1) is 9.39. The first kappa shape index (κ1) is 20.4. The number of halogens is 2. The summed E-state index contributed by atoms with van der Waals surface area (Å²) in [5.41, 5.74) is 0.621. The van der Waals surface area contributed by atoms with Crippen LogP contribution in [0.4, 0.5) is 0 Å². The zero-order valence-electron chi connectivity index (χ0n) is 13.2. The molecule has 21 heavy (non-hydrogen) atoms. The lowest BCUT2D eigenvalue weighted by Crippen LogP contribution is -2.38. The molecule has 0 radical (unpaired) electrons. The standard InChI is InChI=1S/C17H24ClNO.BrH/c1-5-19(6-2)13-17(3,4)16(20)12-9-14-7-10-15(18)11-8-14;/h7-12H,5-6,13H2,1-4H3;1H/b12-9+;. The van der Waals surface area contributed by atoms with Gasteiger partial charge in [0.15, 0.2) is 5.78 Å². The summed E-state index contributed by atoms with van der Waals surface area (Å²) in [5, 5.41) is 0.704. The van der Waals surface area contributed by atoms with Crippen molar-refractivity contribution in [2.75, 3.05) is 19.6 Å². The van der Waals surface area contributed by atoms with Crippen molar-refractivity contribution in [1.82, 2.24) is 4.90 Å². The maximum absolute atomic E-state index is 12.3. The van der Waals surface area contributed by atoms with Gasteiger partial charge in [-0.15, -0.1) is 17.0 Å². The fourth-order valence-corrected chi connectivity index (χ4v) is 2.18. The van der Waals surface area contributed by atoms with Crippen LogP contribution in [0.5, 0.6) is 0 Å². The van der Waals surface area contributed by atoms with Gasteiger partial charge < -0.3 is 4.90 Å². The van der Waals surface area contributed by atoms with Crippen molar-refractivity contribution in [1.29, 1.82) is 0 Å². The third kappa shape index (κ3) is 6.77. The molecule has 0 atom stereocenters. The van der Waals surface area contributed by atoms with E-state index in [0.29, 0.717) is 5.02 Å². The van der Waals surface area contributed by atoms with Gasteiger partial charge in [0, 0.05) is 17.0 Å². The molecule has 0 aliphatic heterocycles. The molecule has 118 valence electrons. The Morgan fingerprint density at radius 1 is 1.19 bits per heavy atom. The molecule has 0 N–H and O–H groups in total. The van der Waals surface area contributed by atoms with Gasteiger partial charge in [-0.3, -0.25) is 4.79 Å². The van der Waals surface area contributed by atoms with Crippen LogP contribution in [-0.4, -0.2) is 30.3 Å². The average molecular weight is 375 g/mol. The Bertz CT molecular complexity index is 464. The molecule has 0 aliphatic carbocycles. The number of rotatable bonds is 7. The van der Waals surface area contributed by atoms with Crippen molar-refractivity contribution in [2.24, 2.45) is 5.41 Å². The Hall–Kier alpha value is -0.640. The van der Waals surface area contributed by atoms with Crippen LogP contribution in [0, 0.1) is 5.41 Å². The quantitative estimate of drug-likeness (QED) is 0.635. The van der Waals surface area contributed by atoms with Crippen LogP contribution in [0.15, 0.2) is 30.3 Å². The van der Waals surface area contributed by atoms with Crippen LogP contribution in [0.2, 0.25) is 5.02 Å². The van der Waals surface area contributed by atoms with Gasteiger partial charge in [-0.2, -0.15) is 0 Å². The molecule has 0 unspecified atom stereocenters. The summed E-state index contributed by atoms with van der Waals surface area (Å²) >= 11 is 5.84. The van der Waals surface area contributed by atoms with E-state index in [1.807, 2.05) is 44.2 Å². The molecule has 1 rings (SSSR count). The Labute approximate surface area is 143 Å². The largest absolute Gasteiger partial charge is 0.303 e. The highest BCUT2D eigenvalue weighted by atomic mass is 79.9. The molecule has 0 bridgehead atoms. The highest BCUT2D eigenvalue weighted by Crippen LogP contribution is 2.20. The molecule has 0 saturated heterocycles. The minimum atomic E-state index is -0.366. The number of allylic oxidation sites excluding steroid dienone is 1. The second kappa shape index (κ2) is 9.39. The molecule has 2 nitrogen and oxygen atoms in total. The lowest BCUT2D eigenvalue weighted by atomic mass is 9.87. The molecule has 4 heteroatoms. The van der Waals surface area contributed by atoms with Gasteiger partial charge >= 0.3 is 0 Å². The Kier molecular flexibility index (Phi) is 9.11. The van der Waals surface area contributed by atoms with Crippen molar-refractivity contribution < 1.29 is 4.79 Å². The summed E-state index contributed by atoms with van der Waals surface area (Å²) < 4.78 is 0. The zero-order valence-corrected chi connectivity index (χ0v) is 15.7. The smallest absolute Gasteiger partial charge is 0.162 e. The first-order valence-electron chi connectivity index (χ1n) is 7.09. The van der Waals surface area contributed by atoms with Crippen LogP contribution >= 0.6 is 28.6 Å². The molecule has 0 saturated carbocycles. The molecular formula is C17H25BrClNO. The van der Waals surface area contributed by atoms with E-state index in [0.717, 1.165) is 25.2 Å². The second-order valence-corrected chi connectivity index (χ2v) is 6.03. The van der Waals surface area contributed by atoms with Crippen molar-refractivity contribution in [2.45, 2.75) is 27.7 Å². The van der Waals surface area contributed by atoms with Gasteiger partial charge in [0.1, 0.15) is 0 Å². The summed E-state index contributed by atoms with van der Waals surface area (Å²) in [5.74, 6) is 0.152. The van der Waals surface area contributed by atoms with Crippen molar-refractivity contribution in [3.05, 3.63) is 40.9 Å². The fraction of sp³-hybridized carbons (Fsp3) is 0.471. The molecule has 0 aliphatic rings. The molecular weight excluding hydrogens is 350 g/mol. The van der Waals surface area contributed by atoms with E-state index in [4.69, 9.17) is 11.6 Å². The number of carbonyl (C=O) groups is 1. The molecule has 0 spiro atoms. The maximum Gasteiger partial charge on any atom is 0.162 e. The number of hydrogen-bond donors (Lipinski definition) is 0. The van der Waals surface area contributed by atoms with E-state index in [1.54, 1.807) is 6.08 Å². The number of carbonyl (C=O) groups excluding carboxylic acids is 1. The minimum absolute atomic E-state index is 0. The second-order valence-electron chi connectivity index (χ2n) is 5.59. The molecule has 0 amide bonds. The Morgan fingerprint density at radius 3 is 2.19 bits per heavy atom. The molecule has 1 aromatic rings. The third-order valence-electron chi connectivity index (χ3n) is 3.48. The minimum Gasteiger partial charge on any atom is -0.303 e. The lowest BCUT2D eigenvalue weighted by molar-refractivity contribution is -0.123. The Balaban J connectivity index is 0.00000400. The molecule has 1 aromatic carbocycles. The monoisotopic (exact) mass is 373 g/mol. The number of hydrogen-bond acceptors (Lipinski definition) is 2. The number of benzene rings is 1. The van der Waals surface area contributed by atoms with E-state index in [-0.39, 0.29) is 28.2 Å². The Morgan fingerprint density at radius 2 is 1.71 bits per heavy atom. The van der Waals surface area contributed by atoms with Crippen molar-refractivity contribution in [3.8, 4) is 0 Å². The lowest BCUT2D eigenvalue weighted by Gasteiger charge is -2.29. The maximum atomic E-state index is 12.3. The van der Waals surface area contributed by atoms with Gasteiger partial charge in [0.05, 0.1) is 0 Å². The predicted molar refractivity (Wildman–Crippen MR) is 97.4 cm³/mol. The number of ketones is 1. The van der Waals surface area contributed by atoms with Crippen LogP contribution in [-0.2, 0) is 4.79 Å². The van der Waals surface area contributed by atoms with E-state index in [9.17, 15) is 4.79 Å². The van der Waals surface area contributed by atoms with Gasteiger partial charge in [-0.1, -0.05) is 57.5 Å². The normalized spacial score (nSPS) is 11.7. The average Bonchev–Trinajstić information content (AvgIpc) is 2.43.